The molecule has 0 spiro atoms. The summed E-state index contributed by atoms with van der Waals surface area (Å²) in [5.41, 5.74) is 1.60. The van der Waals surface area contributed by atoms with Crippen molar-refractivity contribution < 1.29 is 9.53 Å². The van der Waals surface area contributed by atoms with Crippen LogP contribution in [0.15, 0.2) is 42.6 Å². The number of nitrogens with zero attached hydrogens (tertiary/aromatic N) is 3. The van der Waals surface area contributed by atoms with Gasteiger partial charge in [-0.25, -0.2) is 9.78 Å². The molecule has 0 aliphatic rings. The number of esters is 1. The minimum absolute atomic E-state index is 0.337. The molecule has 2 aromatic carbocycles. The molecular weight excluding hydrogens is 334 g/mol. The number of ether oxygens (including phenoxy) is 1. The maximum atomic E-state index is 11.9. The van der Waals surface area contributed by atoms with Gasteiger partial charge in [0.2, 0.25) is 0 Å². The lowest BCUT2D eigenvalue weighted by Gasteiger charge is -2.22. The molecule has 1 aromatic heterocycles. The van der Waals surface area contributed by atoms with E-state index in [0.29, 0.717) is 23.6 Å². The molecule has 0 saturated heterocycles. The number of nitriles is 1. The van der Waals surface area contributed by atoms with Crippen molar-refractivity contribution in [2.45, 2.75) is 13.8 Å². The maximum Gasteiger partial charge on any atom is 0.350 e. The highest BCUT2D eigenvalue weighted by Gasteiger charge is 2.18. The Morgan fingerprint density at radius 1 is 1.24 bits per heavy atom. The van der Waals surface area contributed by atoms with Gasteiger partial charge in [0.15, 0.2) is 5.13 Å². The van der Waals surface area contributed by atoms with E-state index in [-0.39, 0.29) is 5.97 Å². The second-order valence-corrected chi connectivity index (χ2v) is 6.27. The van der Waals surface area contributed by atoms with Gasteiger partial charge in [0, 0.05) is 17.3 Å². The Morgan fingerprint density at radius 2 is 2.00 bits per heavy atom. The molecule has 0 aliphatic heterocycles. The number of thiazole rings is 1. The van der Waals surface area contributed by atoms with E-state index >= 15 is 0 Å². The van der Waals surface area contributed by atoms with Gasteiger partial charge in [0.1, 0.15) is 4.88 Å². The Balaban J connectivity index is 2.07. The van der Waals surface area contributed by atoms with Gasteiger partial charge in [-0.15, -0.1) is 0 Å². The van der Waals surface area contributed by atoms with Crippen molar-refractivity contribution in [3.05, 3.63) is 53.0 Å². The van der Waals surface area contributed by atoms with E-state index < -0.39 is 0 Å². The molecule has 0 N–H and O–H groups in total. The minimum atomic E-state index is -0.355. The van der Waals surface area contributed by atoms with Crippen molar-refractivity contribution in [2.75, 3.05) is 18.1 Å². The Bertz CT molecular complexity index is 959. The molecule has 0 radical (unpaired) electrons. The third-order valence-electron chi connectivity index (χ3n) is 3.83. The Labute approximate surface area is 150 Å². The molecule has 6 heteroatoms. The highest BCUT2D eigenvalue weighted by molar-refractivity contribution is 7.17. The first-order chi connectivity index (χ1) is 12.2. The number of hydrogen-bond acceptors (Lipinski definition) is 6. The molecule has 0 unspecified atom stereocenters. The largest absolute Gasteiger partial charge is 0.462 e. The Kier molecular flexibility index (Phi) is 4.96. The highest BCUT2D eigenvalue weighted by Crippen LogP contribution is 2.35. The number of aromatic nitrogens is 1. The van der Waals surface area contributed by atoms with Crippen molar-refractivity contribution in [1.82, 2.24) is 4.98 Å². The summed E-state index contributed by atoms with van der Waals surface area (Å²) < 4.78 is 5.04. The first-order valence-electron chi connectivity index (χ1n) is 8.01. The molecule has 0 aliphatic carbocycles. The van der Waals surface area contributed by atoms with E-state index in [1.54, 1.807) is 13.1 Å². The summed E-state index contributed by atoms with van der Waals surface area (Å²) in [5.74, 6) is -0.355. The molecule has 25 heavy (non-hydrogen) atoms. The SMILES string of the molecule is CCOC(=O)c1cnc(N(CC)c2ccc(C#N)c3ccccc23)s1. The van der Waals surface area contributed by atoms with Gasteiger partial charge >= 0.3 is 5.97 Å². The van der Waals surface area contributed by atoms with Crippen molar-refractivity contribution >= 4 is 38.9 Å². The van der Waals surface area contributed by atoms with Gasteiger partial charge in [-0.1, -0.05) is 35.6 Å². The molecule has 0 amide bonds. The monoisotopic (exact) mass is 351 g/mol. The third-order valence-corrected chi connectivity index (χ3v) is 4.83. The molecule has 126 valence electrons. The average molecular weight is 351 g/mol. The molecule has 3 aromatic rings. The van der Waals surface area contributed by atoms with E-state index in [4.69, 9.17) is 4.74 Å². The number of rotatable bonds is 5. The van der Waals surface area contributed by atoms with Crippen molar-refractivity contribution in [3.8, 4) is 6.07 Å². The number of fused-ring (bicyclic) bond motifs is 1. The molecule has 1 heterocycles. The fourth-order valence-electron chi connectivity index (χ4n) is 2.71. The van der Waals surface area contributed by atoms with Gasteiger partial charge in [-0.05, 0) is 26.0 Å². The van der Waals surface area contributed by atoms with Crippen molar-refractivity contribution in [3.63, 3.8) is 0 Å². The number of hydrogen-bond donors (Lipinski definition) is 0. The van der Waals surface area contributed by atoms with E-state index in [1.807, 2.05) is 48.2 Å². The van der Waals surface area contributed by atoms with Crippen LogP contribution in [0.1, 0.15) is 29.1 Å². The molecular formula is C19H17N3O2S. The summed E-state index contributed by atoms with van der Waals surface area (Å²) in [5, 5.41) is 11.9. The molecule has 0 atom stereocenters. The number of anilines is 2. The van der Waals surface area contributed by atoms with Crippen LogP contribution in [0.2, 0.25) is 0 Å². The lowest BCUT2D eigenvalue weighted by Crippen LogP contribution is -2.16. The molecule has 0 fully saturated rings. The Morgan fingerprint density at radius 3 is 2.68 bits per heavy atom. The predicted molar refractivity (Wildman–Crippen MR) is 99.4 cm³/mol. The van der Waals surface area contributed by atoms with Gasteiger partial charge < -0.3 is 9.64 Å². The second kappa shape index (κ2) is 7.32. The number of carbonyl (C=O) groups is 1. The van der Waals surface area contributed by atoms with Crippen molar-refractivity contribution in [2.24, 2.45) is 0 Å². The number of benzene rings is 2. The van der Waals surface area contributed by atoms with Gasteiger partial charge in [0.05, 0.1) is 30.1 Å². The van der Waals surface area contributed by atoms with Crippen LogP contribution in [0.4, 0.5) is 10.8 Å². The number of carbonyl (C=O) groups excluding carboxylic acids is 1. The van der Waals surface area contributed by atoms with E-state index in [2.05, 4.69) is 11.1 Å². The summed E-state index contributed by atoms with van der Waals surface area (Å²) >= 11 is 1.30. The van der Waals surface area contributed by atoms with E-state index in [0.717, 1.165) is 21.6 Å². The third kappa shape index (κ3) is 3.19. The average Bonchev–Trinajstić information content (AvgIpc) is 3.12. The standard InChI is InChI=1S/C19H17N3O2S/c1-3-22(19-21-12-17(25-19)18(23)24-4-2)16-10-9-13(11-20)14-7-5-6-8-15(14)16/h5-10,12H,3-4H2,1-2H3. The minimum Gasteiger partial charge on any atom is -0.462 e. The van der Waals surface area contributed by atoms with Crippen LogP contribution in [-0.4, -0.2) is 24.1 Å². The quantitative estimate of drug-likeness (QED) is 0.633. The summed E-state index contributed by atoms with van der Waals surface area (Å²) in [6, 6.07) is 13.8. The predicted octanol–water partition coefficient (Wildman–Crippen LogP) is 4.50. The first kappa shape index (κ1) is 16.9. The lowest BCUT2D eigenvalue weighted by atomic mass is 10.0. The van der Waals surface area contributed by atoms with Crippen molar-refractivity contribution in [1.29, 1.82) is 5.26 Å². The van der Waals surface area contributed by atoms with E-state index in [9.17, 15) is 10.1 Å². The zero-order valence-electron chi connectivity index (χ0n) is 14.0. The van der Waals surface area contributed by atoms with Crippen LogP contribution in [0.25, 0.3) is 10.8 Å². The molecule has 5 nitrogen and oxygen atoms in total. The van der Waals surface area contributed by atoms with Crippen LogP contribution in [0.3, 0.4) is 0 Å². The fraction of sp³-hybridized carbons (Fsp3) is 0.211. The smallest absolute Gasteiger partial charge is 0.350 e. The summed E-state index contributed by atoms with van der Waals surface area (Å²) in [6.45, 7) is 4.83. The topological polar surface area (TPSA) is 66.2 Å². The zero-order chi connectivity index (χ0) is 17.8. The van der Waals surface area contributed by atoms with Crippen LogP contribution >= 0.6 is 11.3 Å². The van der Waals surface area contributed by atoms with Gasteiger partial charge in [-0.3, -0.25) is 0 Å². The highest BCUT2D eigenvalue weighted by atomic mass is 32.1. The first-order valence-corrected chi connectivity index (χ1v) is 8.83. The van der Waals surface area contributed by atoms with Crippen LogP contribution in [-0.2, 0) is 4.74 Å². The van der Waals surface area contributed by atoms with Gasteiger partial charge in [0.25, 0.3) is 0 Å². The maximum absolute atomic E-state index is 11.9. The Hall–Kier alpha value is -2.91. The second-order valence-electron chi connectivity index (χ2n) is 5.26. The van der Waals surface area contributed by atoms with Crippen LogP contribution in [0, 0.1) is 11.3 Å². The zero-order valence-corrected chi connectivity index (χ0v) is 14.8. The van der Waals surface area contributed by atoms with Crippen LogP contribution in [0.5, 0.6) is 0 Å². The molecule has 3 rings (SSSR count). The summed E-state index contributed by atoms with van der Waals surface area (Å²) in [4.78, 5) is 18.8. The fourth-order valence-corrected chi connectivity index (χ4v) is 3.60. The molecule has 0 bridgehead atoms. The van der Waals surface area contributed by atoms with E-state index in [1.165, 1.54) is 11.3 Å². The summed E-state index contributed by atoms with van der Waals surface area (Å²) in [6.07, 6.45) is 1.55. The summed E-state index contributed by atoms with van der Waals surface area (Å²) in [7, 11) is 0. The lowest BCUT2D eigenvalue weighted by molar-refractivity contribution is 0.0532. The molecule has 0 saturated carbocycles. The normalized spacial score (nSPS) is 10.4. The van der Waals surface area contributed by atoms with Gasteiger partial charge in [-0.2, -0.15) is 5.26 Å². The van der Waals surface area contributed by atoms with Crippen LogP contribution < -0.4 is 4.90 Å².